The van der Waals surface area contributed by atoms with Crippen molar-refractivity contribution in [2.45, 2.75) is 25.8 Å². The zero-order valence-electron chi connectivity index (χ0n) is 10.4. The third kappa shape index (κ3) is 1.85. The molecule has 98 valence electrons. The molecule has 3 rings (SSSR count). The standard InChI is InChI=1S/C13H13N3O3/c1-8-4-2-3-5-10(8)16-13(19)15(9-6-7-9)11(14-16)12(17)18/h2-5,9H,6-7H2,1H3,(H,17,18). The quantitative estimate of drug-likeness (QED) is 0.903. The highest BCUT2D eigenvalue weighted by molar-refractivity contribution is 5.83. The van der Waals surface area contributed by atoms with E-state index < -0.39 is 5.97 Å². The van der Waals surface area contributed by atoms with Gasteiger partial charge < -0.3 is 5.11 Å². The van der Waals surface area contributed by atoms with E-state index in [-0.39, 0.29) is 17.6 Å². The molecule has 1 heterocycles. The van der Waals surface area contributed by atoms with Crippen LogP contribution in [0.2, 0.25) is 0 Å². The van der Waals surface area contributed by atoms with Gasteiger partial charge in [-0.05, 0) is 31.4 Å². The van der Waals surface area contributed by atoms with Crippen LogP contribution in [0.5, 0.6) is 0 Å². The summed E-state index contributed by atoms with van der Waals surface area (Å²) >= 11 is 0. The molecule has 0 radical (unpaired) electrons. The van der Waals surface area contributed by atoms with Crippen LogP contribution in [0, 0.1) is 6.92 Å². The highest BCUT2D eigenvalue weighted by Gasteiger charge is 2.32. The fourth-order valence-electron chi connectivity index (χ4n) is 2.14. The molecule has 0 bridgehead atoms. The number of hydrogen-bond acceptors (Lipinski definition) is 3. The van der Waals surface area contributed by atoms with Gasteiger partial charge in [-0.25, -0.2) is 9.59 Å². The van der Waals surface area contributed by atoms with E-state index in [0.717, 1.165) is 18.4 Å². The summed E-state index contributed by atoms with van der Waals surface area (Å²) in [5, 5.41) is 13.1. The van der Waals surface area contributed by atoms with Crippen molar-refractivity contribution in [1.29, 1.82) is 0 Å². The topological polar surface area (TPSA) is 77.1 Å². The number of carboxylic acids is 1. The van der Waals surface area contributed by atoms with Crippen LogP contribution in [0.15, 0.2) is 29.1 Å². The first-order valence-corrected chi connectivity index (χ1v) is 6.10. The van der Waals surface area contributed by atoms with Crippen LogP contribution in [-0.2, 0) is 0 Å². The summed E-state index contributed by atoms with van der Waals surface area (Å²) in [5.74, 6) is -1.35. The minimum atomic E-state index is -1.17. The summed E-state index contributed by atoms with van der Waals surface area (Å²) < 4.78 is 2.46. The first kappa shape index (κ1) is 11.7. The lowest BCUT2D eigenvalue weighted by molar-refractivity contribution is 0.0676. The average Bonchev–Trinajstić information content (AvgIpc) is 3.14. The number of hydrogen-bond donors (Lipinski definition) is 1. The number of carbonyl (C=O) groups is 1. The second kappa shape index (κ2) is 4.08. The molecule has 19 heavy (non-hydrogen) atoms. The number of aromatic nitrogens is 3. The molecule has 1 N–H and O–H groups in total. The van der Waals surface area contributed by atoms with Gasteiger partial charge in [0.15, 0.2) is 0 Å². The molecule has 1 aromatic carbocycles. The Kier molecular flexibility index (Phi) is 2.51. The lowest BCUT2D eigenvalue weighted by Gasteiger charge is -2.02. The lowest BCUT2D eigenvalue weighted by atomic mass is 10.2. The van der Waals surface area contributed by atoms with Crippen molar-refractivity contribution < 1.29 is 9.90 Å². The Morgan fingerprint density at radius 1 is 1.37 bits per heavy atom. The zero-order valence-corrected chi connectivity index (χ0v) is 10.4. The smallest absolute Gasteiger partial charge is 0.374 e. The third-order valence-corrected chi connectivity index (χ3v) is 3.26. The van der Waals surface area contributed by atoms with Crippen molar-refractivity contribution in [3.63, 3.8) is 0 Å². The van der Waals surface area contributed by atoms with Crippen molar-refractivity contribution in [2.24, 2.45) is 0 Å². The van der Waals surface area contributed by atoms with E-state index in [9.17, 15) is 9.59 Å². The fraction of sp³-hybridized carbons (Fsp3) is 0.308. The van der Waals surface area contributed by atoms with Crippen LogP contribution in [-0.4, -0.2) is 25.4 Å². The van der Waals surface area contributed by atoms with Gasteiger partial charge in [-0.3, -0.25) is 4.57 Å². The predicted octanol–water partition coefficient (Wildman–Crippen LogP) is 1.38. The van der Waals surface area contributed by atoms with Crippen molar-refractivity contribution in [3.8, 4) is 5.69 Å². The summed E-state index contributed by atoms with van der Waals surface area (Å²) in [7, 11) is 0. The Morgan fingerprint density at radius 3 is 2.63 bits per heavy atom. The number of aryl methyl sites for hydroxylation is 1. The second-order valence-electron chi connectivity index (χ2n) is 4.71. The molecule has 1 aliphatic carbocycles. The van der Waals surface area contributed by atoms with Crippen molar-refractivity contribution in [3.05, 3.63) is 46.1 Å². The number of rotatable bonds is 3. The number of para-hydroxylation sites is 1. The molecule has 0 aliphatic heterocycles. The number of carboxylic acid groups (broad SMARTS) is 1. The molecule has 6 nitrogen and oxygen atoms in total. The number of aromatic carboxylic acids is 1. The summed E-state index contributed by atoms with van der Waals surface area (Å²) in [4.78, 5) is 23.5. The Labute approximate surface area is 108 Å². The van der Waals surface area contributed by atoms with Gasteiger partial charge in [0.2, 0.25) is 5.82 Å². The Balaban J connectivity index is 2.24. The van der Waals surface area contributed by atoms with E-state index in [1.165, 1.54) is 9.25 Å². The van der Waals surface area contributed by atoms with Crippen LogP contribution >= 0.6 is 0 Å². The van der Waals surface area contributed by atoms with Gasteiger partial charge in [0.1, 0.15) is 0 Å². The molecule has 2 aromatic rings. The largest absolute Gasteiger partial charge is 0.475 e. The normalized spacial score (nSPS) is 14.6. The number of benzene rings is 1. The van der Waals surface area contributed by atoms with Gasteiger partial charge in [0.05, 0.1) is 5.69 Å². The van der Waals surface area contributed by atoms with E-state index in [1.807, 2.05) is 19.1 Å². The highest BCUT2D eigenvalue weighted by Crippen LogP contribution is 2.34. The summed E-state index contributed by atoms with van der Waals surface area (Å²) in [5.41, 5.74) is 1.12. The maximum atomic E-state index is 12.3. The lowest BCUT2D eigenvalue weighted by Crippen LogP contribution is -2.24. The van der Waals surface area contributed by atoms with E-state index in [2.05, 4.69) is 5.10 Å². The molecule has 6 heteroatoms. The maximum Gasteiger partial charge on any atom is 0.374 e. The molecule has 0 amide bonds. The van der Waals surface area contributed by atoms with Crippen molar-refractivity contribution >= 4 is 5.97 Å². The van der Waals surface area contributed by atoms with Crippen molar-refractivity contribution in [2.75, 3.05) is 0 Å². The van der Waals surface area contributed by atoms with Crippen LogP contribution in [0.25, 0.3) is 5.69 Å². The molecule has 1 aromatic heterocycles. The predicted molar refractivity (Wildman–Crippen MR) is 67.8 cm³/mol. The van der Waals surface area contributed by atoms with E-state index >= 15 is 0 Å². The maximum absolute atomic E-state index is 12.3. The van der Waals surface area contributed by atoms with E-state index in [4.69, 9.17) is 5.11 Å². The SMILES string of the molecule is Cc1ccccc1-n1nc(C(=O)O)n(C2CC2)c1=O. The van der Waals surface area contributed by atoms with Gasteiger partial charge in [-0.1, -0.05) is 18.2 Å². The van der Waals surface area contributed by atoms with Gasteiger partial charge in [-0.2, -0.15) is 4.68 Å². The molecule has 1 aliphatic rings. The Hall–Kier alpha value is -2.37. The highest BCUT2D eigenvalue weighted by atomic mass is 16.4. The molecular weight excluding hydrogens is 246 g/mol. The van der Waals surface area contributed by atoms with Crippen LogP contribution in [0.4, 0.5) is 0 Å². The fourth-order valence-corrected chi connectivity index (χ4v) is 2.14. The summed E-state index contributed by atoms with van der Waals surface area (Å²) in [6.45, 7) is 1.86. The van der Waals surface area contributed by atoms with E-state index in [1.54, 1.807) is 12.1 Å². The molecule has 0 saturated heterocycles. The minimum Gasteiger partial charge on any atom is -0.475 e. The molecule has 0 atom stereocenters. The molecular formula is C13H13N3O3. The van der Waals surface area contributed by atoms with Crippen LogP contribution in [0.1, 0.15) is 35.1 Å². The minimum absolute atomic E-state index is 0.0173. The number of nitrogens with zero attached hydrogens (tertiary/aromatic N) is 3. The van der Waals surface area contributed by atoms with Gasteiger partial charge in [-0.15, -0.1) is 5.10 Å². The van der Waals surface area contributed by atoms with E-state index in [0.29, 0.717) is 5.69 Å². The average molecular weight is 259 g/mol. The van der Waals surface area contributed by atoms with Gasteiger partial charge in [0.25, 0.3) is 0 Å². The monoisotopic (exact) mass is 259 g/mol. The first-order chi connectivity index (χ1) is 9.09. The summed E-state index contributed by atoms with van der Waals surface area (Å²) in [6.07, 6.45) is 1.67. The van der Waals surface area contributed by atoms with Crippen LogP contribution < -0.4 is 5.69 Å². The molecule has 1 fully saturated rings. The summed E-state index contributed by atoms with van der Waals surface area (Å²) in [6, 6.07) is 7.26. The van der Waals surface area contributed by atoms with Crippen LogP contribution in [0.3, 0.4) is 0 Å². The second-order valence-corrected chi connectivity index (χ2v) is 4.71. The Morgan fingerprint density at radius 2 is 2.05 bits per heavy atom. The molecule has 1 saturated carbocycles. The van der Waals surface area contributed by atoms with Crippen molar-refractivity contribution in [1.82, 2.24) is 14.3 Å². The molecule has 0 spiro atoms. The third-order valence-electron chi connectivity index (χ3n) is 3.26. The Bertz CT molecular complexity index is 710. The first-order valence-electron chi connectivity index (χ1n) is 6.10. The molecule has 0 unspecified atom stereocenters. The van der Waals surface area contributed by atoms with Gasteiger partial charge >= 0.3 is 11.7 Å². The van der Waals surface area contributed by atoms with Gasteiger partial charge in [0, 0.05) is 6.04 Å². The zero-order chi connectivity index (χ0) is 13.6.